The molecule has 8 nitrogen and oxygen atoms in total. The summed E-state index contributed by atoms with van der Waals surface area (Å²) in [6, 6.07) is 7.92. The molecule has 1 unspecified atom stereocenters. The summed E-state index contributed by atoms with van der Waals surface area (Å²) in [5.74, 6) is 0.166. The van der Waals surface area contributed by atoms with Crippen molar-refractivity contribution < 1.29 is 31.2 Å². The molecule has 1 aromatic carbocycles. The highest BCUT2D eigenvalue weighted by Crippen LogP contribution is 2.48. The maximum absolute atomic E-state index is 12.1. The summed E-state index contributed by atoms with van der Waals surface area (Å²) in [5, 5.41) is 0. The van der Waals surface area contributed by atoms with E-state index in [2.05, 4.69) is 4.62 Å². The van der Waals surface area contributed by atoms with Crippen molar-refractivity contribution >= 4 is 18.1 Å². The van der Waals surface area contributed by atoms with Gasteiger partial charge in [0.2, 0.25) is 0 Å². The number of hydrogen-bond acceptors (Lipinski definition) is 6. The van der Waals surface area contributed by atoms with Crippen LogP contribution < -0.4 is 9.41 Å². The van der Waals surface area contributed by atoms with Crippen LogP contribution in [0, 0.1) is 0 Å². The quantitative estimate of drug-likeness (QED) is 0.428. The van der Waals surface area contributed by atoms with Gasteiger partial charge in [0.15, 0.2) is 0 Å². The van der Waals surface area contributed by atoms with Crippen molar-refractivity contribution in [1.29, 1.82) is 0 Å². The zero-order valence-corrected chi connectivity index (χ0v) is 11.8. The molecular formula is C9H14NO7PS. The maximum Gasteiger partial charge on any atom is 0.547 e. The zero-order valence-electron chi connectivity index (χ0n) is 10.1. The molecule has 0 heterocycles. The Balaban J connectivity index is 2.77. The zero-order chi connectivity index (χ0) is 14.4. The first-order chi connectivity index (χ1) is 8.85. The number of rotatable bonds is 8. The van der Waals surface area contributed by atoms with Gasteiger partial charge in [-0.1, -0.05) is 30.0 Å². The fourth-order valence-corrected chi connectivity index (χ4v) is 2.65. The number of para-hydroxylation sites is 1. The largest absolute Gasteiger partial charge is 0.547 e. The second-order valence-corrected chi connectivity index (χ2v) is 5.97. The van der Waals surface area contributed by atoms with Gasteiger partial charge in [-0.3, -0.25) is 9.08 Å². The monoisotopic (exact) mass is 311 g/mol. The second-order valence-electron chi connectivity index (χ2n) is 3.33. The van der Waals surface area contributed by atoms with E-state index in [0.29, 0.717) is 6.42 Å². The minimum atomic E-state index is -4.68. The van der Waals surface area contributed by atoms with Gasteiger partial charge in [-0.25, -0.2) is 4.57 Å². The molecule has 0 spiro atoms. The Bertz CT molecular complexity index is 533. The molecule has 10 heteroatoms. The van der Waals surface area contributed by atoms with Gasteiger partial charge in [0.05, 0.1) is 6.61 Å². The van der Waals surface area contributed by atoms with Crippen molar-refractivity contribution in [3.63, 3.8) is 0 Å². The molecule has 0 saturated heterocycles. The first-order valence-electron chi connectivity index (χ1n) is 5.27. The molecule has 0 fully saturated rings. The normalized spacial score (nSPS) is 14.8. The minimum absolute atomic E-state index is 0.0251. The fraction of sp³-hybridized carbons (Fsp3) is 0.333. The van der Waals surface area contributed by atoms with Gasteiger partial charge in [0.1, 0.15) is 5.75 Å². The summed E-state index contributed by atoms with van der Waals surface area (Å²) < 4.78 is 55.7. The number of hydrogen-bond donors (Lipinski definition) is 2. The van der Waals surface area contributed by atoms with Gasteiger partial charge >= 0.3 is 18.1 Å². The third kappa shape index (κ3) is 6.67. The van der Waals surface area contributed by atoms with Crippen LogP contribution in [0.1, 0.15) is 13.3 Å². The van der Waals surface area contributed by atoms with Crippen molar-refractivity contribution in [2.24, 2.45) is 0 Å². The summed E-state index contributed by atoms with van der Waals surface area (Å²) in [7, 11) is -8.88. The number of nitrogens with one attached hydrogen (secondary N) is 1. The van der Waals surface area contributed by atoms with E-state index in [1.165, 1.54) is 17.0 Å². The molecule has 1 rings (SSSR count). The van der Waals surface area contributed by atoms with Gasteiger partial charge in [-0.15, -0.1) is 0 Å². The highest BCUT2D eigenvalue weighted by Gasteiger charge is 2.31. The predicted molar refractivity (Wildman–Crippen MR) is 66.7 cm³/mol. The van der Waals surface area contributed by atoms with Gasteiger partial charge in [-0.05, 0) is 18.6 Å². The molecule has 0 aliphatic heterocycles. The lowest BCUT2D eigenvalue weighted by Crippen LogP contribution is -2.23. The molecule has 1 atom stereocenters. The summed E-state index contributed by atoms with van der Waals surface area (Å²) in [5.41, 5.74) is 0. The molecule has 0 amide bonds. The molecular weight excluding hydrogens is 297 g/mol. The van der Waals surface area contributed by atoms with E-state index in [4.69, 9.17) is 13.6 Å². The Labute approximate surface area is 111 Å². The molecule has 2 N–H and O–H groups in total. The third-order valence-corrected chi connectivity index (χ3v) is 3.33. The van der Waals surface area contributed by atoms with Crippen LogP contribution in [0.3, 0.4) is 0 Å². The standard InChI is InChI=1S/C9H14NO7PS/c1-2-8-15-18(11,17-10-19(12,13)14)16-9-6-4-3-5-7-9/h3-7,10H,2,8H2,1H3,(H,12,13,14). The lowest BCUT2D eigenvalue weighted by Gasteiger charge is -2.17. The minimum Gasteiger partial charge on any atom is -0.403 e. The van der Waals surface area contributed by atoms with Crippen LogP contribution in [0.15, 0.2) is 30.3 Å². The number of benzene rings is 1. The van der Waals surface area contributed by atoms with Gasteiger partial charge in [0, 0.05) is 0 Å². The van der Waals surface area contributed by atoms with Crippen LogP contribution in [0.25, 0.3) is 0 Å². The van der Waals surface area contributed by atoms with Crippen LogP contribution in [-0.4, -0.2) is 19.6 Å². The Morgan fingerprint density at radius 2 is 1.95 bits per heavy atom. The fourth-order valence-electron chi connectivity index (χ4n) is 0.978. The Morgan fingerprint density at radius 1 is 1.32 bits per heavy atom. The van der Waals surface area contributed by atoms with Crippen molar-refractivity contribution in [3.8, 4) is 5.75 Å². The van der Waals surface area contributed by atoms with Crippen LogP contribution in [0.2, 0.25) is 0 Å². The van der Waals surface area contributed by atoms with Gasteiger partial charge in [-0.2, -0.15) is 13.0 Å². The molecule has 0 aromatic heterocycles. The van der Waals surface area contributed by atoms with Crippen LogP contribution >= 0.6 is 7.82 Å². The molecule has 108 valence electrons. The number of phosphoric acid groups is 1. The topological polar surface area (TPSA) is 111 Å². The van der Waals surface area contributed by atoms with E-state index in [1.54, 1.807) is 25.1 Å². The molecule has 0 aliphatic rings. The van der Waals surface area contributed by atoms with Crippen LogP contribution in [0.5, 0.6) is 5.75 Å². The summed E-state index contributed by atoms with van der Waals surface area (Å²) in [4.78, 5) is 1.21. The Morgan fingerprint density at radius 3 is 2.47 bits per heavy atom. The number of phosphoric ester groups is 1. The molecule has 0 bridgehead atoms. The van der Waals surface area contributed by atoms with Gasteiger partial charge < -0.3 is 4.52 Å². The summed E-state index contributed by atoms with van der Waals surface area (Å²) in [6.45, 7) is 1.78. The first kappa shape index (κ1) is 16.1. The molecule has 19 heavy (non-hydrogen) atoms. The van der Waals surface area contributed by atoms with Crippen molar-refractivity contribution in [2.75, 3.05) is 6.61 Å². The van der Waals surface area contributed by atoms with E-state index in [1.807, 2.05) is 0 Å². The van der Waals surface area contributed by atoms with E-state index in [9.17, 15) is 13.0 Å². The van der Waals surface area contributed by atoms with Crippen LogP contribution in [0.4, 0.5) is 0 Å². The van der Waals surface area contributed by atoms with Gasteiger partial charge in [0.25, 0.3) is 0 Å². The molecule has 0 aliphatic carbocycles. The van der Waals surface area contributed by atoms with Crippen molar-refractivity contribution in [3.05, 3.63) is 30.3 Å². The Hall–Kier alpha value is -0.960. The first-order valence-corrected chi connectivity index (χ1v) is 8.17. The lowest BCUT2D eigenvalue weighted by atomic mass is 10.3. The average molecular weight is 311 g/mol. The molecule has 1 aromatic rings. The Kier molecular flexibility index (Phi) is 5.92. The average Bonchev–Trinajstić information content (AvgIpc) is 2.35. The maximum atomic E-state index is 12.1. The van der Waals surface area contributed by atoms with E-state index < -0.39 is 18.1 Å². The lowest BCUT2D eigenvalue weighted by molar-refractivity contribution is 0.130. The van der Waals surface area contributed by atoms with E-state index >= 15 is 0 Å². The highest BCUT2D eigenvalue weighted by molar-refractivity contribution is 7.83. The molecule has 0 saturated carbocycles. The predicted octanol–water partition coefficient (Wildman–Crippen LogP) is 1.92. The summed E-state index contributed by atoms with van der Waals surface area (Å²) in [6.07, 6.45) is 0.511. The van der Waals surface area contributed by atoms with Crippen molar-refractivity contribution in [2.45, 2.75) is 13.3 Å². The van der Waals surface area contributed by atoms with Crippen molar-refractivity contribution in [1.82, 2.24) is 4.89 Å². The SMILES string of the molecule is CCCOP(=O)(ONS(=O)(=O)O)Oc1ccccc1. The van der Waals surface area contributed by atoms with E-state index in [-0.39, 0.29) is 12.4 Å². The third-order valence-electron chi connectivity index (χ3n) is 1.67. The van der Waals surface area contributed by atoms with E-state index in [0.717, 1.165) is 0 Å². The molecule has 0 radical (unpaired) electrons. The highest BCUT2D eigenvalue weighted by atomic mass is 32.2. The summed E-state index contributed by atoms with van der Waals surface area (Å²) >= 11 is 0. The second kappa shape index (κ2) is 6.99. The van der Waals surface area contributed by atoms with Crippen LogP contribution in [-0.2, 0) is 24.0 Å². The smallest absolute Gasteiger partial charge is 0.403 e.